The smallest absolute Gasteiger partial charge is 0.156 e. The van der Waals surface area contributed by atoms with E-state index in [-0.39, 0.29) is 0 Å². The highest BCUT2D eigenvalue weighted by molar-refractivity contribution is 5.89. The molecule has 0 aliphatic heterocycles. The second-order valence-electron chi connectivity index (χ2n) is 7.33. The van der Waals surface area contributed by atoms with Crippen LogP contribution in [0.25, 0.3) is 33.3 Å². The molecule has 5 aromatic rings. The molecule has 0 fully saturated rings. The maximum atomic E-state index is 6.11. The number of nitrogens with zero attached hydrogens (tertiary/aromatic N) is 1. The minimum Gasteiger partial charge on any atom is -0.489 e. The van der Waals surface area contributed by atoms with E-state index >= 15 is 0 Å². The molecule has 0 radical (unpaired) electrons. The first kappa shape index (κ1) is 17.5. The predicted molar refractivity (Wildman–Crippen MR) is 117 cm³/mol. The molecule has 0 spiro atoms. The second-order valence-corrected chi connectivity index (χ2v) is 7.33. The molecule has 142 valence electrons. The van der Waals surface area contributed by atoms with E-state index < -0.39 is 0 Å². The van der Waals surface area contributed by atoms with E-state index in [9.17, 15) is 0 Å². The van der Waals surface area contributed by atoms with Crippen molar-refractivity contribution in [2.24, 2.45) is 0 Å². The molecular formula is C26H21NO2. The van der Waals surface area contributed by atoms with E-state index in [4.69, 9.17) is 14.1 Å². The van der Waals surface area contributed by atoms with Crippen LogP contribution in [0.5, 0.6) is 5.75 Å². The fourth-order valence-corrected chi connectivity index (χ4v) is 3.76. The SMILES string of the molecule is Cc1cc(OCc2ccccc2)cc2nc(-c3oc4ccccc4c3C)ccc12. The van der Waals surface area contributed by atoms with Crippen LogP contribution in [0.2, 0.25) is 0 Å². The monoisotopic (exact) mass is 379 g/mol. The van der Waals surface area contributed by atoms with Gasteiger partial charge in [-0.3, -0.25) is 0 Å². The quantitative estimate of drug-likeness (QED) is 0.343. The molecule has 0 aliphatic carbocycles. The van der Waals surface area contributed by atoms with Gasteiger partial charge in [-0.2, -0.15) is 0 Å². The number of furan rings is 1. The van der Waals surface area contributed by atoms with Gasteiger partial charge in [0.1, 0.15) is 23.6 Å². The van der Waals surface area contributed by atoms with Gasteiger partial charge in [-0.05, 0) is 43.2 Å². The number of benzene rings is 3. The summed E-state index contributed by atoms with van der Waals surface area (Å²) in [5.74, 6) is 1.64. The zero-order valence-electron chi connectivity index (χ0n) is 16.5. The van der Waals surface area contributed by atoms with E-state index in [0.717, 1.165) is 55.8 Å². The van der Waals surface area contributed by atoms with Crippen molar-refractivity contribution in [1.82, 2.24) is 4.98 Å². The summed E-state index contributed by atoms with van der Waals surface area (Å²) in [6.45, 7) is 4.71. The average molecular weight is 379 g/mol. The van der Waals surface area contributed by atoms with Gasteiger partial charge in [0.25, 0.3) is 0 Å². The molecule has 2 aromatic heterocycles. The van der Waals surface area contributed by atoms with E-state index in [1.807, 2.05) is 48.5 Å². The summed E-state index contributed by atoms with van der Waals surface area (Å²) in [6.07, 6.45) is 0. The largest absolute Gasteiger partial charge is 0.489 e. The number of hydrogen-bond donors (Lipinski definition) is 0. The van der Waals surface area contributed by atoms with Gasteiger partial charge in [0.05, 0.1) is 5.52 Å². The molecule has 0 aliphatic rings. The first-order valence-electron chi connectivity index (χ1n) is 9.76. The minimum absolute atomic E-state index is 0.536. The average Bonchev–Trinajstić information content (AvgIpc) is 3.09. The number of rotatable bonds is 4. The third-order valence-corrected chi connectivity index (χ3v) is 5.31. The summed E-state index contributed by atoms with van der Waals surface area (Å²) in [4.78, 5) is 4.90. The Morgan fingerprint density at radius 3 is 2.45 bits per heavy atom. The number of aryl methyl sites for hydroxylation is 2. The van der Waals surface area contributed by atoms with Crippen molar-refractivity contribution in [2.75, 3.05) is 0 Å². The standard InChI is InChI=1S/C26H21NO2/c1-17-14-20(28-16-19-8-4-3-5-9-19)15-24-21(17)12-13-23(27-24)26-18(2)22-10-6-7-11-25(22)29-26/h3-15H,16H2,1-2H3. The van der Waals surface area contributed by atoms with Crippen LogP contribution in [-0.4, -0.2) is 4.98 Å². The molecule has 3 aromatic carbocycles. The molecule has 0 N–H and O–H groups in total. The molecule has 0 saturated heterocycles. The summed E-state index contributed by atoms with van der Waals surface area (Å²) < 4.78 is 12.1. The van der Waals surface area contributed by atoms with Gasteiger partial charge in [-0.1, -0.05) is 54.6 Å². The Morgan fingerprint density at radius 2 is 1.62 bits per heavy atom. The topological polar surface area (TPSA) is 35.3 Å². The number of pyridine rings is 1. The van der Waals surface area contributed by atoms with Gasteiger partial charge in [0.15, 0.2) is 5.76 Å². The lowest BCUT2D eigenvalue weighted by molar-refractivity contribution is 0.306. The zero-order valence-corrected chi connectivity index (χ0v) is 16.5. The minimum atomic E-state index is 0.536. The fraction of sp³-hybridized carbons (Fsp3) is 0.115. The van der Waals surface area contributed by atoms with Crippen molar-refractivity contribution in [3.8, 4) is 17.2 Å². The molecule has 29 heavy (non-hydrogen) atoms. The molecule has 3 nitrogen and oxygen atoms in total. The number of fused-ring (bicyclic) bond motifs is 2. The molecule has 3 heteroatoms. The number of aromatic nitrogens is 1. The Hall–Kier alpha value is -3.59. The Morgan fingerprint density at radius 1 is 0.828 bits per heavy atom. The lowest BCUT2D eigenvalue weighted by Crippen LogP contribution is -1.96. The maximum Gasteiger partial charge on any atom is 0.156 e. The highest BCUT2D eigenvalue weighted by Crippen LogP contribution is 2.33. The molecule has 0 unspecified atom stereocenters. The van der Waals surface area contributed by atoms with Crippen molar-refractivity contribution >= 4 is 21.9 Å². The van der Waals surface area contributed by atoms with E-state index in [1.54, 1.807) is 0 Å². The summed E-state index contributed by atoms with van der Waals surface area (Å²) >= 11 is 0. The normalized spacial score (nSPS) is 11.2. The van der Waals surface area contributed by atoms with E-state index in [2.05, 4.69) is 44.2 Å². The molecular weight excluding hydrogens is 358 g/mol. The van der Waals surface area contributed by atoms with Gasteiger partial charge >= 0.3 is 0 Å². The van der Waals surface area contributed by atoms with Gasteiger partial charge in [0.2, 0.25) is 0 Å². The molecule has 0 amide bonds. The summed E-state index contributed by atoms with van der Waals surface area (Å²) in [6, 6.07) is 26.5. The first-order chi connectivity index (χ1) is 14.2. The lowest BCUT2D eigenvalue weighted by atomic mass is 10.1. The Balaban J connectivity index is 1.54. The third kappa shape index (κ3) is 3.25. The molecule has 5 rings (SSSR count). The van der Waals surface area contributed by atoms with Crippen LogP contribution in [-0.2, 0) is 6.61 Å². The highest BCUT2D eigenvalue weighted by Gasteiger charge is 2.14. The Labute approximate surface area is 169 Å². The van der Waals surface area contributed by atoms with Crippen LogP contribution < -0.4 is 4.74 Å². The lowest BCUT2D eigenvalue weighted by Gasteiger charge is -2.10. The van der Waals surface area contributed by atoms with Crippen molar-refractivity contribution in [1.29, 1.82) is 0 Å². The third-order valence-electron chi connectivity index (χ3n) is 5.31. The Bertz CT molecular complexity index is 1320. The number of para-hydroxylation sites is 1. The maximum absolute atomic E-state index is 6.11. The summed E-state index contributed by atoms with van der Waals surface area (Å²) in [7, 11) is 0. The van der Waals surface area contributed by atoms with Crippen LogP contribution in [0.4, 0.5) is 0 Å². The van der Waals surface area contributed by atoms with Gasteiger partial charge < -0.3 is 9.15 Å². The van der Waals surface area contributed by atoms with Crippen LogP contribution in [0.15, 0.2) is 83.3 Å². The van der Waals surface area contributed by atoms with Crippen molar-refractivity contribution < 1.29 is 9.15 Å². The Kier molecular flexibility index (Phi) is 4.28. The van der Waals surface area contributed by atoms with Crippen LogP contribution in [0, 0.1) is 13.8 Å². The van der Waals surface area contributed by atoms with Crippen LogP contribution >= 0.6 is 0 Å². The number of hydrogen-bond acceptors (Lipinski definition) is 3. The van der Waals surface area contributed by atoms with Crippen molar-refractivity contribution in [3.63, 3.8) is 0 Å². The molecule has 0 bridgehead atoms. The summed E-state index contributed by atoms with van der Waals surface area (Å²) in [5, 5.41) is 2.25. The van der Waals surface area contributed by atoms with Gasteiger partial charge in [-0.15, -0.1) is 0 Å². The van der Waals surface area contributed by atoms with Crippen LogP contribution in [0.3, 0.4) is 0 Å². The first-order valence-corrected chi connectivity index (χ1v) is 9.76. The molecule has 2 heterocycles. The second kappa shape index (κ2) is 7.10. The van der Waals surface area contributed by atoms with E-state index in [0.29, 0.717) is 6.61 Å². The van der Waals surface area contributed by atoms with Gasteiger partial charge in [-0.25, -0.2) is 4.98 Å². The molecule has 0 saturated carbocycles. The van der Waals surface area contributed by atoms with Crippen molar-refractivity contribution in [3.05, 3.63) is 95.6 Å². The van der Waals surface area contributed by atoms with E-state index in [1.165, 1.54) is 0 Å². The van der Waals surface area contributed by atoms with Crippen molar-refractivity contribution in [2.45, 2.75) is 20.5 Å². The summed E-state index contributed by atoms with van der Waals surface area (Å²) in [5.41, 5.74) is 6.03. The van der Waals surface area contributed by atoms with Crippen LogP contribution in [0.1, 0.15) is 16.7 Å². The zero-order chi connectivity index (χ0) is 19.8. The predicted octanol–water partition coefficient (Wildman–Crippen LogP) is 6.84. The molecule has 0 atom stereocenters. The highest BCUT2D eigenvalue weighted by atomic mass is 16.5. The fourth-order valence-electron chi connectivity index (χ4n) is 3.76. The number of ether oxygens (including phenoxy) is 1. The van der Waals surface area contributed by atoms with Gasteiger partial charge in [0, 0.05) is 22.4 Å².